The van der Waals surface area contributed by atoms with Crippen molar-refractivity contribution in [2.75, 3.05) is 0 Å². The molecular weight excluding hydrogens is 148 g/mol. The van der Waals surface area contributed by atoms with E-state index in [2.05, 4.69) is 0 Å². The Morgan fingerprint density at radius 2 is 1.67 bits per heavy atom. The van der Waals surface area contributed by atoms with Crippen molar-refractivity contribution in [2.45, 2.75) is 51.4 Å². The number of hydrogen-bond donors (Lipinski definition) is 0. The lowest BCUT2D eigenvalue weighted by molar-refractivity contribution is -0.124. The second-order valence-electron chi connectivity index (χ2n) is 4.36. The zero-order chi connectivity index (χ0) is 8.39. The van der Waals surface area contributed by atoms with Gasteiger partial charge in [0.25, 0.3) is 0 Å². The summed E-state index contributed by atoms with van der Waals surface area (Å²) in [6.45, 7) is 0. The summed E-state index contributed by atoms with van der Waals surface area (Å²) in [6, 6.07) is 0. The van der Waals surface area contributed by atoms with Gasteiger partial charge >= 0.3 is 0 Å². The van der Waals surface area contributed by atoms with E-state index >= 15 is 0 Å². The first kappa shape index (κ1) is 8.28. The second-order valence-corrected chi connectivity index (χ2v) is 4.36. The summed E-state index contributed by atoms with van der Waals surface area (Å²) in [6.07, 6.45) is 9.83. The first-order valence-electron chi connectivity index (χ1n) is 5.40. The molecule has 68 valence electrons. The zero-order valence-corrected chi connectivity index (χ0v) is 7.72. The maximum Gasteiger partial charge on any atom is 0.136 e. The van der Waals surface area contributed by atoms with Crippen molar-refractivity contribution < 1.29 is 4.79 Å². The predicted octanol–water partition coefficient (Wildman–Crippen LogP) is 2.94. The summed E-state index contributed by atoms with van der Waals surface area (Å²) in [4.78, 5) is 11.6. The number of carbonyl (C=O) groups is 1. The van der Waals surface area contributed by atoms with Crippen LogP contribution in [0.3, 0.4) is 0 Å². The molecule has 1 atom stereocenters. The van der Waals surface area contributed by atoms with Crippen LogP contribution < -0.4 is 0 Å². The lowest BCUT2D eigenvalue weighted by Crippen LogP contribution is -2.18. The highest BCUT2D eigenvalue weighted by molar-refractivity contribution is 5.81. The van der Waals surface area contributed by atoms with Gasteiger partial charge in [0.1, 0.15) is 5.78 Å². The van der Waals surface area contributed by atoms with Crippen LogP contribution in [-0.2, 0) is 4.79 Å². The van der Waals surface area contributed by atoms with E-state index in [4.69, 9.17) is 0 Å². The quantitative estimate of drug-likeness (QED) is 0.585. The van der Waals surface area contributed by atoms with Gasteiger partial charge in [0, 0.05) is 12.3 Å². The Labute approximate surface area is 74.5 Å². The summed E-state index contributed by atoms with van der Waals surface area (Å²) in [5.41, 5.74) is 0. The average molecular weight is 166 g/mol. The first-order valence-corrected chi connectivity index (χ1v) is 5.40. The van der Waals surface area contributed by atoms with E-state index < -0.39 is 0 Å². The molecule has 2 saturated carbocycles. The fraction of sp³-hybridized carbons (Fsp3) is 0.909. The third kappa shape index (κ3) is 1.88. The molecule has 0 saturated heterocycles. The predicted molar refractivity (Wildman–Crippen MR) is 48.9 cm³/mol. The van der Waals surface area contributed by atoms with E-state index in [1.807, 2.05) is 0 Å². The fourth-order valence-electron chi connectivity index (χ4n) is 2.36. The Morgan fingerprint density at radius 3 is 2.42 bits per heavy atom. The first-order chi connectivity index (χ1) is 5.88. The van der Waals surface area contributed by atoms with Gasteiger partial charge in [-0.15, -0.1) is 0 Å². The Bertz CT molecular complexity index is 170. The molecule has 2 rings (SSSR count). The van der Waals surface area contributed by atoms with Crippen LogP contribution in [-0.4, -0.2) is 5.78 Å². The Kier molecular flexibility index (Phi) is 2.48. The summed E-state index contributed by atoms with van der Waals surface area (Å²) >= 11 is 0. The number of rotatable bonds is 1. The number of ketones is 1. The third-order valence-corrected chi connectivity index (χ3v) is 3.29. The Hall–Kier alpha value is -0.330. The molecule has 1 nitrogen and oxygen atoms in total. The molecule has 0 radical (unpaired) electrons. The number of Topliss-reactive ketones (excluding diaryl/α,β-unsaturated/α-hetero) is 1. The lowest BCUT2D eigenvalue weighted by atomic mass is 9.87. The van der Waals surface area contributed by atoms with Crippen molar-refractivity contribution in [3.05, 3.63) is 0 Å². The van der Waals surface area contributed by atoms with Crippen molar-refractivity contribution in [2.24, 2.45) is 11.8 Å². The molecule has 1 unspecified atom stereocenters. The van der Waals surface area contributed by atoms with Gasteiger partial charge in [-0.1, -0.05) is 19.3 Å². The molecule has 0 aromatic rings. The summed E-state index contributed by atoms with van der Waals surface area (Å²) in [7, 11) is 0. The van der Waals surface area contributed by atoms with Crippen LogP contribution in [0.1, 0.15) is 51.4 Å². The molecule has 2 aliphatic rings. The van der Waals surface area contributed by atoms with Gasteiger partial charge < -0.3 is 0 Å². The molecule has 0 aliphatic heterocycles. The van der Waals surface area contributed by atoms with Crippen LogP contribution in [0.4, 0.5) is 0 Å². The molecule has 12 heavy (non-hydrogen) atoms. The molecule has 0 amide bonds. The van der Waals surface area contributed by atoms with Gasteiger partial charge in [0.2, 0.25) is 0 Å². The number of carbonyl (C=O) groups excluding carboxylic acids is 1. The highest BCUT2D eigenvalue weighted by Crippen LogP contribution is 2.41. The van der Waals surface area contributed by atoms with Gasteiger partial charge in [-0.3, -0.25) is 4.79 Å². The van der Waals surface area contributed by atoms with Crippen LogP contribution in [0.2, 0.25) is 0 Å². The van der Waals surface area contributed by atoms with Gasteiger partial charge in [-0.25, -0.2) is 0 Å². The van der Waals surface area contributed by atoms with Crippen molar-refractivity contribution >= 4 is 5.78 Å². The molecule has 0 aromatic heterocycles. The summed E-state index contributed by atoms with van der Waals surface area (Å²) in [5, 5.41) is 0. The van der Waals surface area contributed by atoms with Crippen molar-refractivity contribution in [3.63, 3.8) is 0 Å². The summed E-state index contributed by atoms with van der Waals surface area (Å²) < 4.78 is 0. The van der Waals surface area contributed by atoms with E-state index in [1.165, 1.54) is 38.5 Å². The largest absolute Gasteiger partial charge is 0.299 e. The van der Waals surface area contributed by atoms with Crippen molar-refractivity contribution in [1.29, 1.82) is 0 Å². The van der Waals surface area contributed by atoms with Crippen molar-refractivity contribution in [1.82, 2.24) is 0 Å². The molecule has 2 fully saturated rings. The minimum atomic E-state index is 0.477. The molecule has 1 heteroatoms. The van der Waals surface area contributed by atoms with Gasteiger partial charge in [0.15, 0.2) is 0 Å². The monoisotopic (exact) mass is 166 g/mol. The molecule has 0 heterocycles. The molecule has 2 aliphatic carbocycles. The van der Waals surface area contributed by atoms with Gasteiger partial charge in [0.05, 0.1) is 0 Å². The van der Waals surface area contributed by atoms with Gasteiger partial charge in [-0.2, -0.15) is 0 Å². The highest BCUT2D eigenvalue weighted by Gasteiger charge is 2.35. The van der Waals surface area contributed by atoms with E-state index in [1.54, 1.807) is 0 Å². The standard InChI is InChI=1S/C11H18O/c12-11-6-4-2-1-3-5-10(11)9-7-8-9/h9-10H,1-8H2. The minimum absolute atomic E-state index is 0.477. The smallest absolute Gasteiger partial charge is 0.136 e. The van der Waals surface area contributed by atoms with Gasteiger partial charge in [-0.05, 0) is 31.6 Å². The SMILES string of the molecule is O=C1CCCCCCC1C1CC1. The third-order valence-electron chi connectivity index (χ3n) is 3.29. The average Bonchev–Trinajstić information content (AvgIpc) is 2.81. The molecular formula is C11H18O. The second kappa shape index (κ2) is 3.59. The highest BCUT2D eigenvalue weighted by atomic mass is 16.1. The normalized spacial score (nSPS) is 32.7. The van der Waals surface area contributed by atoms with Crippen LogP contribution in [0.25, 0.3) is 0 Å². The topological polar surface area (TPSA) is 17.1 Å². The molecule has 0 spiro atoms. The maximum absolute atomic E-state index is 11.6. The number of hydrogen-bond acceptors (Lipinski definition) is 1. The van der Waals surface area contributed by atoms with E-state index in [-0.39, 0.29) is 0 Å². The Balaban J connectivity index is 1.92. The lowest BCUT2D eigenvalue weighted by Gasteiger charge is -2.17. The van der Waals surface area contributed by atoms with E-state index in [0.29, 0.717) is 11.7 Å². The molecule has 0 bridgehead atoms. The fourth-order valence-corrected chi connectivity index (χ4v) is 2.36. The van der Waals surface area contributed by atoms with E-state index in [9.17, 15) is 4.79 Å². The zero-order valence-electron chi connectivity index (χ0n) is 7.72. The maximum atomic E-state index is 11.6. The van der Waals surface area contributed by atoms with Crippen molar-refractivity contribution in [3.8, 4) is 0 Å². The van der Waals surface area contributed by atoms with Crippen LogP contribution in [0, 0.1) is 11.8 Å². The summed E-state index contributed by atoms with van der Waals surface area (Å²) in [5.74, 6) is 1.86. The van der Waals surface area contributed by atoms with Crippen LogP contribution in [0.15, 0.2) is 0 Å². The van der Waals surface area contributed by atoms with E-state index in [0.717, 1.165) is 18.8 Å². The van der Waals surface area contributed by atoms with Crippen LogP contribution >= 0.6 is 0 Å². The molecule has 0 aromatic carbocycles. The molecule has 0 N–H and O–H groups in total. The van der Waals surface area contributed by atoms with Crippen LogP contribution in [0.5, 0.6) is 0 Å². The minimum Gasteiger partial charge on any atom is -0.299 e. The Morgan fingerprint density at radius 1 is 0.917 bits per heavy atom.